The van der Waals surface area contributed by atoms with Gasteiger partial charge in [-0.2, -0.15) is 0 Å². The van der Waals surface area contributed by atoms with E-state index in [-0.39, 0.29) is 0 Å². The Bertz CT molecular complexity index is 175. The molecule has 0 aromatic carbocycles. The molecule has 1 aliphatic heterocycles. The fraction of sp³-hybridized carbons (Fsp3) is 1.00. The van der Waals surface area contributed by atoms with Crippen LogP contribution in [0.4, 0.5) is 0 Å². The molecule has 0 spiro atoms. The Labute approximate surface area is 81.5 Å². The van der Waals surface area contributed by atoms with Gasteiger partial charge in [0, 0.05) is 31.1 Å². The van der Waals surface area contributed by atoms with Gasteiger partial charge in [-0.25, -0.2) is 0 Å². The summed E-state index contributed by atoms with van der Waals surface area (Å²) >= 11 is 0. The summed E-state index contributed by atoms with van der Waals surface area (Å²) in [5.74, 6) is 0.949. The molecule has 0 bridgehead atoms. The lowest BCUT2D eigenvalue weighted by molar-refractivity contribution is 0.182. The van der Waals surface area contributed by atoms with Crippen LogP contribution < -0.4 is 10.6 Å². The first-order valence-electron chi connectivity index (χ1n) is 5.62. The first-order valence-corrected chi connectivity index (χ1v) is 5.62. The van der Waals surface area contributed by atoms with E-state index in [1.165, 1.54) is 38.9 Å². The predicted octanol–water partition coefficient (Wildman–Crippen LogP) is 1.37. The summed E-state index contributed by atoms with van der Waals surface area (Å²) in [5.41, 5.74) is 0.547. The molecule has 1 saturated carbocycles. The molecule has 2 unspecified atom stereocenters. The molecule has 0 aromatic heterocycles. The predicted molar refractivity (Wildman–Crippen MR) is 55.8 cm³/mol. The van der Waals surface area contributed by atoms with Crippen LogP contribution in [0.2, 0.25) is 0 Å². The molecule has 13 heavy (non-hydrogen) atoms. The highest BCUT2D eigenvalue weighted by Gasteiger charge is 2.32. The van der Waals surface area contributed by atoms with Gasteiger partial charge >= 0.3 is 0 Å². The monoisotopic (exact) mass is 182 g/mol. The van der Waals surface area contributed by atoms with Crippen molar-refractivity contribution in [2.45, 2.75) is 39.2 Å². The highest BCUT2D eigenvalue weighted by atomic mass is 15.0. The molecule has 0 radical (unpaired) electrons. The van der Waals surface area contributed by atoms with E-state index in [4.69, 9.17) is 0 Å². The van der Waals surface area contributed by atoms with Gasteiger partial charge in [0.25, 0.3) is 0 Å². The summed E-state index contributed by atoms with van der Waals surface area (Å²) in [6, 6.07) is 0.812. The standard InChI is InChI=1S/C11H22N2/c1-9-3-4-10(5-9)13-8-11(2)6-12-7-11/h9-10,12-13H,3-8H2,1-2H3. The summed E-state index contributed by atoms with van der Waals surface area (Å²) in [7, 11) is 0. The highest BCUT2D eigenvalue weighted by Crippen LogP contribution is 2.26. The zero-order valence-corrected chi connectivity index (χ0v) is 8.90. The minimum atomic E-state index is 0.547. The van der Waals surface area contributed by atoms with Crippen LogP contribution in [0.5, 0.6) is 0 Å². The molecule has 0 amide bonds. The Morgan fingerprint density at radius 1 is 1.38 bits per heavy atom. The smallest absolute Gasteiger partial charge is 0.00699 e. The lowest BCUT2D eigenvalue weighted by atomic mass is 9.84. The molecule has 1 saturated heterocycles. The second-order valence-electron chi connectivity index (χ2n) is 5.41. The van der Waals surface area contributed by atoms with Crippen LogP contribution in [0.15, 0.2) is 0 Å². The lowest BCUT2D eigenvalue weighted by Crippen LogP contribution is -2.57. The Morgan fingerprint density at radius 2 is 2.15 bits per heavy atom. The van der Waals surface area contributed by atoms with Crippen molar-refractivity contribution in [1.82, 2.24) is 10.6 Å². The highest BCUT2D eigenvalue weighted by molar-refractivity contribution is 4.91. The third-order valence-corrected chi connectivity index (χ3v) is 3.62. The Balaban J connectivity index is 1.67. The molecule has 2 N–H and O–H groups in total. The topological polar surface area (TPSA) is 24.1 Å². The maximum absolute atomic E-state index is 3.71. The molecular weight excluding hydrogens is 160 g/mol. The third kappa shape index (κ3) is 2.23. The van der Waals surface area contributed by atoms with Gasteiger partial charge in [0.2, 0.25) is 0 Å². The summed E-state index contributed by atoms with van der Waals surface area (Å²) < 4.78 is 0. The van der Waals surface area contributed by atoms with E-state index in [0.29, 0.717) is 5.41 Å². The maximum Gasteiger partial charge on any atom is 0.00699 e. The van der Waals surface area contributed by atoms with E-state index in [1.807, 2.05) is 0 Å². The van der Waals surface area contributed by atoms with Gasteiger partial charge in [-0.1, -0.05) is 13.8 Å². The van der Waals surface area contributed by atoms with Crippen molar-refractivity contribution in [3.05, 3.63) is 0 Å². The molecule has 2 nitrogen and oxygen atoms in total. The van der Waals surface area contributed by atoms with Crippen LogP contribution in [-0.2, 0) is 0 Å². The molecule has 2 aliphatic rings. The zero-order valence-electron chi connectivity index (χ0n) is 8.90. The van der Waals surface area contributed by atoms with Crippen LogP contribution >= 0.6 is 0 Å². The number of hydrogen-bond donors (Lipinski definition) is 2. The van der Waals surface area contributed by atoms with Crippen molar-refractivity contribution in [3.8, 4) is 0 Å². The van der Waals surface area contributed by atoms with E-state index in [1.54, 1.807) is 0 Å². The second kappa shape index (κ2) is 3.58. The molecule has 0 aromatic rings. The van der Waals surface area contributed by atoms with Gasteiger partial charge in [0.1, 0.15) is 0 Å². The molecule has 1 aliphatic carbocycles. The third-order valence-electron chi connectivity index (χ3n) is 3.62. The minimum Gasteiger partial charge on any atom is -0.315 e. The SMILES string of the molecule is CC1CCC(NCC2(C)CNC2)C1. The van der Waals surface area contributed by atoms with Gasteiger partial charge in [0.05, 0.1) is 0 Å². The van der Waals surface area contributed by atoms with E-state index in [2.05, 4.69) is 24.5 Å². The Kier molecular flexibility index (Phi) is 2.61. The second-order valence-corrected chi connectivity index (χ2v) is 5.41. The van der Waals surface area contributed by atoms with E-state index in [0.717, 1.165) is 12.0 Å². The average molecular weight is 182 g/mol. The normalized spacial score (nSPS) is 37.4. The number of nitrogens with one attached hydrogen (secondary N) is 2. The van der Waals surface area contributed by atoms with Gasteiger partial charge in [-0.3, -0.25) is 0 Å². The summed E-state index contributed by atoms with van der Waals surface area (Å²) in [6.07, 6.45) is 4.21. The van der Waals surface area contributed by atoms with Gasteiger partial charge in [-0.15, -0.1) is 0 Å². The molecule has 76 valence electrons. The van der Waals surface area contributed by atoms with E-state index < -0.39 is 0 Å². The van der Waals surface area contributed by atoms with Crippen molar-refractivity contribution < 1.29 is 0 Å². The molecule has 2 atom stereocenters. The van der Waals surface area contributed by atoms with Gasteiger partial charge in [0.15, 0.2) is 0 Å². The van der Waals surface area contributed by atoms with Crippen molar-refractivity contribution in [2.24, 2.45) is 11.3 Å². The molecule has 1 heterocycles. The number of rotatable bonds is 3. The average Bonchev–Trinajstić information content (AvgIpc) is 2.44. The van der Waals surface area contributed by atoms with Crippen LogP contribution in [0.3, 0.4) is 0 Å². The van der Waals surface area contributed by atoms with Crippen molar-refractivity contribution in [1.29, 1.82) is 0 Å². The van der Waals surface area contributed by atoms with Crippen molar-refractivity contribution in [3.63, 3.8) is 0 Å². The largest absolute Gasteiger partial charge is 0.315 e. The number of hydrogen-bond acceptors (Lipinski definition) is 2. The molecule has 2 heteroatoms. The van der Waals surface area contributed by atoms with Crippen LogP contribution in [0, 0.1) is 11.3 Å². The van der Waals surface area contributed by atoms with E-state index in [9.17, 15) is 0 Å². The van der Waals surface area contributed by atoms with E-state index >= 15 is 0 Å². The molecular formula is C11H22N2. The summed E-state index contributed by atoms with van der Waals surface area (Å²) in [4.78, 5) is 0. The quantitative estimate of drug-likeness (QED) is 0.689. The van der Waals surface area contributed by atoms with Crippen LogP contribution in [0.25, 0.3) is 0 Å². The van der Waals surface area contributed by atoms with Crippen molar-refractivity contribution >= 4 is 0 Å². The van der Waals surface area contributed by atoms with Crippen LogP contribution in [-0.4, -0.2) is 25.7 Å². The molecule has 2 rings (SSSR count). The fourth-order valence-corrected chi connectivity index (χ4v) is 2.46. The maximum atomic E-state index is 3.71. The Morgan fingerprint density at radius 3 is 2.62 bits per heavy atom. The fourth-order valence-electron chi connectivity index (χ4n) is 2.46. The zero-order chi connectivity index (χ0) is 9.31. The van der Waals surface area contributed by atoms with Crippen LogP contribution in [0.1, 0.15) is 33.1 Å². The lowest BCUT2D eigenvalue weighted by Gasteiger charge is -2.40. The van der Waals surface area contributed by atoms with Gasteiger partial charge in [-0.05, 0) is 25.2 Å². The first kappa shape index (κ1) is 9.47. The van der Waals surface area contributed by atoms with Gasteiger partial charge < -0.3 is 10.6 Å². The van der Waals surface area contributed by atoms with Crippen molar-refractivity contribution in [2.75, 3.05) is 19.6 Å². The first-order chi connectivity index (χ1) is 6.18. The minimum absolute atomic E-state index is 0.547. The summed E-state index contributed by atoms with van der Waals surface area (Å²) in [5, 5.41) is 7.06. The molecule has 2 fully saturated rings. The summed E-state index contributed by atoms with van der Waals surface area (Å²) in [6.45, 7) is 8.34. The Hall–Kier alpha value is -0.0800.